The lowest BCUT2D eigenvalue weighted by atomic mass is 9.97. The first-order chi connectivity index (χ1) is 8.54. The highest BCUT2D eigenvalue weighted by Crippen LogP contribution is 2.16. The van der Waals surface area contributed by atoms with Gasteiger partial charge in [0.25, 0.3) is 0 Å². The predicted octanol–water partition coefficient (Wildman–Crippen LogP) is 2.51. The molecule has 0 aromatic heterocycles. The Balaban J connectivity index is 2.44. The SMILES string of the molecule is CCCC1CNC(C(C)C)CN1CCOC(C)C. The maximum atomic E-state index is 5.70. The second-order valence-electron chi connectivity index (χ2n) is 6.12. The first-order valence-corrected chi connectivity index (χ1v) is 7.63. The number of hydrogen-bond acceptors (Lipinski definition) is 3. The molecular weight excluding hydrogens is 224 g/mol. The summed E-state index contributed by atoms with van der Waals surface area (Å²) in [4.78, 5) is 2.63. The minimum Gasteiger partial charge on any atom is -0.377 e. The van der Waals surface area contributed by atoms with Crippen LogP contribution in [0.4, 0.5) is 0 Å². The van der Waals surface area contributed by atoms with Gasteiger partial charge in [-0.05, 0) is 26.2 Å². The van der Waals surface area contributed by atoms with Crippen molar-refractivity contribution >= 4 is 0 Å². The molecule has 2 atom stereocenters. The van der Waals surface area contributed by atoms with E-state index in [-0.39, 0.29) is 0 Å². The molecule has 1 rings (SSSR count). The predicted molar refractivity (Wildman–Crippen MR) is 78.0 cm³/mol. The fraction of sp³-hybridized carbons (Fsp3) is 1.00. The van der Waals surface area contributed by atoms with Crippen LogP contribution in [-0.4, -0.2) is 49.3 Å². The molecule has 0 aliphatic carbocycles. The van der Waals surface area contributed by atoms with Crippen LogP contribution in [0.2, 0.25) is 0 Å². The van der Waals surface area contributed by atoms with Crippen LogP contribution in [0.15, 0.2) is 0 Å². The molecule has 2 unspecified atom stereocenters. The Morgan fingerprint density at radius 2 is 2.00 bits per heavy atom. The summed E-state index contributed by atoms with van der Waals surface area (Å²) in [6.45, 7) is 15.4. The topological polar surface area (TPSA) is 24.5 Å². The molecule has 0 aromatic carbocycles. The smallest absolute Gasteiger partial charge is 0.0597 e. The monoisotopic (exact) mass is 256 g/mol. The van der Waals surface area contributed by atoms with Gasteiger partial charge in [-0.1, -0.05) is 27.2 Å². The Bertz CT molecular complexity index is 219. The van der Waals surface area contributed by atoms with Gasteiger partial charge in [0.05, 0.1) is 12.7 Å². The molecule has 1 saturated heterocycles. The van der Waals surface area contributed by atoms with E-state index in [1.54, 1.807) is 0 Å². The van der Waals surface area contributed by atoms with Crippen LogP contribution >= 0.6 is 0 Å². The maximum Gasteiger partial charge on any atom is 0.0597 e. The summed E-state index contributed by atoms with van der Waals surface area (Å²) in [6.07, 6.45) is 2.90. The number of rotatable bonds is 7. The first kappa shape index (κ1) is 15.9. The quantitative estimate of drug-likeness (QED) is 0.757. The summed E-state index contributed by atoms with van der Waals surface area (Å²) in [5, 5.41) is 3.70. The van der Waals surface area contributed by atoms with Crippen LogP contribution < -0.4 is 5.32 Å². The lowest BCUT2D eigenvalue weighted by Crippen LogP contribution is -2.58. The Hall–Kier alpha value is -0.120. The second kappa shape index (κ2) is 8.13. The molecule has 0 spiro atoms. The second-order valence-corrected chi connectivity index (χ2v) is 6.12. The van der Waals surface area contributed by atoms with Gasteiger partial charge in [0, 0.05) is 31.7 Å². The van der Waals surface area contributed by atoms with Gasteiger partial charge < -0.3 is 10.1 Å². The van der Waals surface area contributed by atoms with Crippen LogP contribution in [-0.2, 0) is 4.74 Å². The standard InChI is InChI=1S/C15H32N2O/c1-6-7-14-10-16-15(12(2)3)11-17(14)8-9-18-13(4)5/h12-16H,6-11H2,1-5H3. The molecule has 1 fully saturated rings. The van der Waals surface area contributed by atoms with Crippen molar-refractivity contribution in [2.75, 3.05) is 26.2 Å². The van der Waals surface area contributed by atoms with Crippen molar-refractivity contribution in [1.82, 2.24) is 10.2 Å². The molecule has 0 aromatic rings. The fourth-order valence-electron chi connectivity index (χ4n) is 2.63. The van der Waals surface area contributed by atoms with E-state index in [9.17, 15) is 0 Å². The molecule has 1 N–H and O–H groups in total. The third-order valence-electron chi connectivity index (χ3n) is 3.82. The van der Waals surface area contributed by atoms with Gasteiger partial charge in [-0.2, -0.15) is 0 Å². The van der Waals surface area contributed by atoms with Crippen molar-refractivity contribution in [3.05, 3.63) is 0 Å². The van der Waals surface area contributed by atoms with Gasteiger partial charge in [0.1, 0.15) is 0 Å². The number of ether oxygens (including phenoxy) is 1. The van der Waals surface area contributed by atoms with E-state index in [1.165, 1.54) is 19.4 Å². The van der Waals surface area contributed by atoms with Crippen molar-refractivity contribution in [1.29, 1.82) is 0 Å². The highest BCUT2D eigenvalue weighted by atomic mass is 16.5. The lowest BCUT2D eigenvalue weighted by molar-refractivity contribution is 0.0309. The zero-order chi connectivity index (χ0) is 13.5. The van der Waals surface area contributed by atoms with E-state index in [0.717, 1.165) is 19.7 Å². The molecule has 3 nitrogen and oxygen atoms in total. The molecule has 0 saturated carbocycles. The van der Waals surface area contributed by atoms with E-state index in [1.807, 2.05) is 0 Å². The summed E-state index contributed by atoms with van der Waals surface area (Å²) in [5.41, 5.74) is 0. The minimum atomic E-state index is 0.346. The number of hydrogen-bond donors (Lipinski definition) is 1. The van der Waals surface area contributed by atoms with Crippen LogP contribution in [0.25, 0.3) is 0 Å². The largest absolute Gasteiger partial charge is 0.377 e. The van der Waals surface area contributed by atoms with Gasteiger partial charge in [-0.25, -0.2) is 0 Å². The summed E-state index contributed by atoms with van der Waals surface area (Å²) >= 11 is 0. The summed E-state index contributed by atoms with van der Waals surface area (Å²) in [7, 11) is 0. The van der Waals surface area contributed by atoms with E-state index >= 15 is 0 Å². The number of nitrogens with zero attached hydrogens (tertiary/aromatic N) is 1. The first-order valence-electron chi connectivity index (χ1n) is 7.63. The highest BCUT2D eigenvalue weighted by molar-refractivity contribution is 4.87. The molecule has 1 aliphatic rings. The Kier molecular flexibility index (Phi) is 7.20. The van der Waals surface area contributed by atoms with E-state index in [4.69, 9.17) is 4.74 Å². The molecule has 0 bridgehead atoms. The molecule has 1 aliphatic heterocycles. The summed E-state index contributed by atoms with van der Waals surface area (Å²) < 4.78 is 5.70. The number of nitrogens with one attached hydrogen (secondary N) is 1. The summed E-state index contributed by atoms with van der Waals surface area (Å²) in [6, 6.07) is 1.33. The van der Waals surface area contributed by atoms with Gasteiger partial charge in [-0.3, -0.25) is 4.90 Å². The molecule has 1 heterocycles. The van der Waals surface area contributed by atoms with Gasteiger partial charge in [0.2, 0.25) is 0 Å². The maximum absolute atomic E-state index is 5.70. The minimum absolute atomic E-state index is 0.346. The third-order valence-corrected chi connectivity index (χ3v) is 3.82. The van der Waals surface area contributed by atoms with Crippen LogP contribution in [0.1, 0.15) is 47.5 Å². The van der Waals surface area contributed by atoms with Gasteiger partial charge >= 0.3 is 0 Å². The Morgan fingerprint density at radius 1 is 1.28 bits per heavy atom. The molecule has 108 valence electrons. The average molecular weight is 256 g/mol. The molecule has 0 amide bonds. The lowest BCUT2D eigenvalue weighted by Gasteiger charge is -2.42. The molecular formula is C15H32N2O. The van der Waals surface area contributed by atoms with Crippen molar-refractivity contribution < 1.29 is 4.74 Å². The fourth-order valence-corrected chi connectivity index (χ4v) is 2.63. The zero-order valence-corrected chi connectivity index (χ0v) is 12.9. The normalized spacial score (nSPS) is 26.2. The molecule has 3 heteroatoms. The van der Waals surface area contributed by atoms with Crippen LogP contribution in [0, 0.1) is 5.92 Å². The summed E-state index contributed by atoms with van der Waals surface area (Å²) in [5.74, 6) is 0.709. The van der Waals surface area contributed by atoms with Crippen molar-refractivity contribution in [2.24, 2.45) is 5.92 Å². The Morgan fingerprint density at radius 3 is 2.56 bits per heavy atom. The average Bonchev–Trinajstić information content (AvgIpc) is 2.30. The van der Waals surface area contributed by atoms with Crippen molar-refractivity contribution in [3.8, 4) is 0 Å². The number of piperazine rings is 1. The van der Waals surface area contributed by atoms with Crippen LogP contribution in [0.5, 0.6) is 0 Å². The van der Waals surface area contributed by atoms with Gasteiger partial charge in [0.15, 0.2) is 0 Å². The molecule has 18 heavy (non-hydrogen) atoms. The highest BCUT2D eigenvalue weighted by Gasteiger charge is 2.28. The van der Waals surface area contributed by atoms with Gasteiger partial charge in [-0.15, -0.1) is 0 Å². The van der Waals surface area contributed by atoms with E-state index in [2.05, 4.69) is 44.8 Å². The van der Waals surface area contributed by atoms with E-state index in [0.29, 0.717) is 24.1 Å². The van der Waals surface area contributed by atoms with Crippen LogP contribution in [0.3, 0.4) is 0 Å². The third kappa shape index (κ3) is 5.25. The van der Waals surface area contributed by atoms with Crippen molar-refractivity contribution in [3.63, 3.8) is 0 Å². The van der Waals surface area contributed by atoms with E-state index < -0.39 is 0 Å². The molecule has 0 radical (unpaired) electrons. The zero-order valence-electron chi connectivity index (χ0n) is 12.9. The Labute approximate surface area is 113 Å². The van der Waals surface area contributed by atoms with Crippen molar-refractivity contribution in [2.45, 2.75) is 65.6 Å².